The van der Waals surface area contributed by atoms with Crippen molar-refractivity contribution in [3.8, 4) is 11.5 Å². The maximum atomic E-state index is 10.1. The van der Waals surface area contributed by atoms with E-state index in [4.69, 9.17) is 9.47 Å². The van der Waals surface area contributed by atoms with Gasteiger partial charge in [0.15, 0.2) is 11.5 Å². The Morgan fingerprint density at radius 1 is 1.20 bits per heavy atom. The summed E-state index contributed by atoms with van der Waals surface area (Å²) in [6.45, 7) is 0. The van der Waals surface area contributed by atoms with E-state index in [1.165, 1.54) is 0 Å². The first-order chi connectivity index (χ1) is 9.62. The fraction of sp³-hybridized carbons (Fsp3) is 0.429. The van der Waals surface area contributed by atoms with Gasteiger partial charge in [0.25, 0.3) is 0 Å². The summed E-state index contributed by atoms with van der Waals surface area (Å²) in [6, 6.07) is 5.63. The lowest BCUT2D eigenvalue weighted by Crippen LogP contribution is -2.14. The van der Waals surface area contributed by atoms with Crippen LogP contribution in [-0.2, 0) is 19.9 Å². The van der Waals surface area contributed by atoms with E-state index in [0.29, 0.717) is 24.3 Å². The van der Waals surface area contributed by atoms with Gasteiger partial charge in [-0.15, -0.1) is 5.10 Å². The van der Waals surface area contributed by atoms with E-state index in [2.05, 4.69) is 10.3 Å². The number of benzene rings is 1. The summed E-state index contributed by atoms with van der Waals surface area (Å²) in [7, 11) is 5.00. The summed E-state index contributed by atoms with van der Waals surface area (Å²) < 4.78 is 12.1. The van der Waals surface area contributed by atoms with E-state index in [9.17, 15) is 5.11 Å². The van der Waals surface area contributed by atoms with E-state index in [1.807, 2.05) is 18.2 Å². The van der Waals surface area contributed by atoms with Crippen molar-refractivity contribution >= 4 is 0 Å². The predicted molar refractivity (Wildman–Crippen MR) is 74.0 cm³/mol. The third-order valence-electron chi connectivity index (χ3n) is 3.01. The average molecular weight is 277 g/mol. The van der Waals surface area contributed by atoms with Crippen molar-refractivity contribution in [2.45, 2.75) is 18.9 Å². The molecule has 0 aliphatic carbocycles. The first-order valence-electron chi connectivity index (χ1n) is 6.36. The summed E-state index contributed by atoms with van der Waals surface area (Å²) in [4.78, 5) is 0. The highest BCUT2D eigenvalue weighted by molar-refractivity contribution is 5.43. The van der Waals surface area contributed by atoms with Gasteiger partial charge in [0.1, 0.15) is 0 Å². The molecule has 2 rings (SSSR count). The van der Waals surface area contributed by atoms with Crippen molar-refractivity contribution < 1.29 is 14.6 Å². The molecule has 1 atom stereocenters. The Kier molecular flexibility index (Phi) is 4.57. The van der Waals surface area contributed by atoms with Crippen LogP contribution in [-0.4, -0.2) is 40.4 Å². The molecular weight excluding hydrogens is 258 g/mol. The minimum absolute atomic E-state index is 0.474. The molecule has 1 aromatic heterocycles. The maximum Gasteiger partial charge on any atom is 0.160 e. The number of aliphatic hydroxyl groups excluding tert-OH is 1. The Hall–Kier alpha value is -2.08. The summed E-state index contributed by atoms with van der Waals surface area (Å²) in [5.74, 6) is 1.34. The lowest BCUT2D eigenvalue weighted by Gasteiger charge is -2.12. The van der Waals surface area contributed by atoms with Crippen LogP contribution in [0.4, 0.5) is 0 Å². The van der Waals surface area contributed by atoms with Crippen LogP contribution in [0.1, 0.15) is 11.3 Å². The molecule has 1 heterocycles. The Bertz CT molecular complexity index is 569. The number of aliphatic hydroxyl groups is 1. The van der Waals surface area contributed by atoms with Crippen molar-refractivity contribution in [1.82, 2.24) is 15.0 Å². The van der Waals surface area contributed by atoms with E-state index < -0.39 is 6.10 Å². The summed E-state index contributed by atoms with van der Waals surface area (Å²) in [5, 5.41) is 17.9. The molecule has 0 fully saturated rings. The van der Waals surface area contributed by atoms with Gasteiger partial charge in [-0.1, -0.05) is 11.3 Å². The van der Waals surface area contributed by atoms with Gasteiger partial charge in [-0.2, -0.15) is 0 Å². The molecular formula is C14H19N3O3. The highest BCUT2D eigenvalue weighted by Crippen LogP contribution is 2.28. The van der Waals surface area contributed by atoms with Crippen molar-refractivity contribution in [2.24, 2.45) is 7.05 Å². The molecule has 0 spiro atoms. The zero-order valence-electron chi connectivity index (χ0n) is 11.9. The molecule has 108 valence electrons. The SMILES string of the molecule is COc1ccc(CC(O)Cc2cn(C)nn2)cc1OC. The summed E-state index contributed by atoms with van der Waals surface area (Å²) >= 11 is 0. The lowest BCUT2D eigenvalue weighted by molar-refractivity contribution is 0.174. The van der Waals surface area contributed by atoms with Crippen molar-refractivity contribution in [2.75, 3.05) is 14.2 Å². The first-order valence-corrected chi connectivity index (χ1v) is 6.36. The summed E-state index contributed by atoms with van der Waals surface area (Å²) in [6.07, 6.45) is 2.29. The summed E-state index contributed by atoms with van der Waals surface area (Å²) in [5.41, 5.74) is 1.76. The van der Waals surface area contributed by atoms with Crippen LogP contribution in [0.3, 0.4) is 0 Å². The topological polar surface area (TPSA) is 69.4 Å². The van der Waals surface area contributed by atoms with Gasteiger partial charge >= 0.3 is 0 Å². The number of methoxy groups -OCH3 is 2. The van der Waals surface area contributed by atoms with Gasteiger partial charge in [-0.25, -0.2) is 0 Å². The van der Waals surface area contributed by atoms with Crippen LogP contribution in [0.15, 0.2) is 24.4 Å². The number of hydrogen-bond donors (Lipinski definition) is 1. The zero-order chi connectivity index (χ0) is 14.5. The highest BCUT2D eigenvalue weighted by atomic mass is 16.5. The molecule has 2 aromatic rings. The Balaban J connectivity index is 2.02. The van der Waals surface area contributed by atoms with Gasteiger partial charge in [0, 0.05) is 19.7 Å². The molecule has 0 bridgehead atoms. The molecule has 1 unspecified atom stereocenters. The third kappa shape index (κ3) is 3.48. The van der Waals surface area contributed by atoms with Crippen molar-refractivity contribution in [3.05, 3.63) is 35.7 Å². The van der Waals surface area contributed by atoms with Crippen LogP contribution in [0.5, 0.6) is 11.5 Å². The van der Waals surface area contributed by atoms with Crippen LogP contribution >= 0.6 is 0 Å². The minimum atomic E-state index is -0.509. The number of rotatable bonds is 6. The van der Waals surface area contributed by atoms with Crippen molar-refractivity contribution in [1.29, 1.82) is 0 Å². The van der Waals surface area contributed by atoms with Crippen LogP contribution in [0, 0.1) is 0 Å². The molecule has 6 heteroatoms. The van der Waals surface area contributed by atoms with Crippen LogP contribution in [0.25, 0.3) is 0 Å². The molecule has 1 N–H and O–H groups in total. The molecule has 0 aliphatic rings. The largest absolute Gasteiger partial charge is 0.493 e. The second kappa shape index (κ2) is 6.38. The number of aryl methyl sites for hydroxylation is 1. The Labute approximate surface area is 117 Å². The Morgan fingerprint density at radius 3 is 2.55 bits per heavy atom. The van der Waals surface area contributed by atoms with Crippen LogP contribution in [0.2, 0.25) is 0 Å². The molecule has 0 amide bonds. The van der Waals surface area contributed by atoms with E-state index in [0.717, 1.165) is 11.3 Å². The predicted octanol–water partition coefficient (Wildman–Crippen LogP) is 0.978. The second-order valence-corrected chi connectivity index (χ2v) is 4.63. The van der Waals surface area contributed by atoms with Gasteiger partial charge < -0.3 is 14.6 Å². The maximum absolute atomic E-state index is 10.1. The third-order valence-corrected chi connectivity index (χ3v) is 3.01. The molecule has 0 saturated carbocycles. The van der Waals surface area contributed by atoms with Gasteiger partial charge in [0.2, 0.25) is 0 Å². The fourth-order valence-electron chi connectivity index (χ4n) is 2.08. The molecule has 0 aliphatic heterocycles. The number of hydrogen-bond acceptors (Lipinski definition) is 5. The fourth-order valence-corrected chi connectivity index (χ4v) is 2.08. The molecule has 6 nitrogen and oxygen atoms in total. The number of ether oxygens (including phenoxy) is 2. The van der Waals surface area contributed by atoms with Gasteiger partial charge in [-0.05, 0) is 24.1 Å². The average Bonchev–Trinajstić information content (AvgIpc) is 2.83. The molecule has 0 saturated heterocycles. The molecule has 0 radical (unpaired) electrons. The Morgan fingerprint density at radius 2 is 1.95 bits per heavy atom. The minimum Gasteiger partial charge on any atom is -0.493 e. The second-order valence-electron chi connectivity index (χ2n) is 4.63. The first kappa shape index (κ1) is 14.3. The lowest BCUT2D eigenvalue weighted by atomic mass is 10.0. The number of aromatic nitrogens is 3. The van der Waals surface area contributed by atoms with E-state index in [1.54, 1.807) is 32.1 Å². The zero-order valence-corrected chi connectivity index (χ0v) is 11.9. The normalized spacial score (nSPS) is 12.2. The standard InChI is InChI=1S/C14H19N3O3/c1-17-9-11(15-16-17)8-12(18)6-10-4-5-13(19-2)14(7-10)20-3/h4-5,7,9,12,18H,6,8H2,1-3H3. The molecule has 20 heavy (non-hydrogen) atoms. The smallest absolute Gasteiger partial charge is 0.160 e. The number of nitrogens with zero attached hydrogens (tertiary/aromatic N) is 3. The van der Waals surface area contributed by atoms with E-state index >= 15 is 0 Å². The van der Waals surface area contributed by atoms with Gasteiger partial charge in [-0.3, -0.25) is 4.68 Å². The van der Waals surface area contributed by atoms with Crippen LogP contribution < -0.4 is 9.47 Å². The monoisotopic (exact) mass is 277 g/mol. The molecule has 1 aromatic carbocycles. The quantitative estimate of drug-likeness (QED) is 0.852. The highest BCUT2D eigenvalue weighted by Gasteiger charge is 2.11. The van der Waals surface area contributed by atoms with E-state index in [-0.39, 0.29) is 0 Å². The van der Waals surface area contributed by atoms with Gasteiger partial charge in [0.05, 0.1) is 26.0 Å². The van der Waals surface area contributed by atoms with Crippen molar-refractivity contribution in [3.63, 3.8) is 0 Å².